The summed E-state index contributed by atoms with van der Waals surface area (Å²) in [5.41, 5.74) is 3.13. The van der Waals surface area contributed by atoms with Gasteiger partial charge in [-0.2, -0.15) is 0 Å². The van der Waals surface area contributed by atoms with Crippen molar-refractivity contribution in [2.45, 2.75) is 16.8 Å². The molecule has 1 aliphatic rings. The van der Waals surface area contributed by atoms with E-state index < -0.39 is 0 Å². The Labute approximate surface area is 192 Å². The number of hydrogen-bond donors (Lipinski definition) is 0. The van der Waals surface area contributed by atoms with Crippen molar-refractivity contribution in [3.05, 3.63) is 47.8 Å². The van der Waals surface area contributed by atoms with Crippen LogP contribution in [0.2, 0.25) is 0 Å². The summed E-state index contributed by atoms with van der Waals surface area (Å²) in [7, 11) is 3.12. The number of pyridine rings is 1. The number of hydrogen-bond acceptors (Lipinski definition) is 9. The van der Waals surface area contributed by atoms with Gasteiger partial charge in [0.15, 0.2) is 0 Å². The molecular weight excluding hydrogens is 426 g/mol. The number of carbonyl (C=O) groups is 1. The number of aryl methyl sites for hydroxylation is 1. The molecule has 1 aliphatic heterocycles. The fourth-order valence-electron chi connectivity index (χ4n) is 3.64. The van der Waals surface area contributed by atoms with E-state index in [2.05, 4.69) is 19.8 Å². The normalized spacial score (nSPS) is 14.7. The van der Waals surface area contributed by atoms with E-state index in [1.54, 1.807) is 19.5 Å². The van der Waals surface area contributed by atoms with Crippen molar-refractivity contribution in [1.82, 2.24) is 19.9 Å². The van der Waals surface area contributed by atoms with Crippen LogP contribution in [-0.4, -0.2) is 79.4 Å². The molecule has 0 unspecified atom stereocenters. The third-order valence-electron chi connectivity index (χ3n) is 5.56. The molecule has 0 aliphatic carbocycles. The van der Waals surface area contributed by atoms with Crippen molar-refractivity contribution in [3.63, 3.8) is 0 Å². The molecule has 0 bridgehead atoms. The van der Waals surface area contributed by atoms with Crippen LogP contribution in [0, 0.1) is 6.92 Å². The molecule has 0 atom stereocenters. The number of piperazine rings is 1. The number of methoxy groups -OCH3 is 2. The van der Waals surface area contributed by atoms with E-state index in [4.69, 9.17) is 14.5 Å². The highest BCUT2D eigenvalue weighted by Gasteiger charge is 2.19. The van der Waals surface area contributed by atoms with Gasteiger partial charge in [-0.25, -0.2) is 19.7 Å². The molecule has 1 fully saturated rings. The zero-order chi connectivity index (χ0) is 22.5. The number of aromatic nitrogens is 3. The van der Waals surface area contributed by atoms with Gasteiger partial charge in [-0.1, -0.05) is 17.8 Å². The Kier molecular flexibility index (Phi) is 7.19. The van der Waals surface area contributed by atoms with E-state index >= 15 is 0 Å². The van der Waals surface area contributed by atoms with Crippen LogP contribution in [0.1, 0.15) is 15.9 Å². The van der Waals surface area contributed by atoms with Crippen LogP contribution in [0.25, 0.3) is 11.0 Å². The zero-order valence-corrected chi connectivity index (χ0v) is 19.4. The highest BCUT2D eigenvalue weighted by atomic mass is 32.2. The minimum Gasteiger partial charge on any atom is -0.465 e. The van der Waals surface area contributed by atoms with Gasteiger partial charge < -0.3 is 14.4 Å². The molecule has 3 heterocycles. The summed E-state index contributed by atoms with van der Waals surface area (Å²) < 4.78 is 10.1. The molecule has 0 saturated carbocycles. The van der Waals surface area contributed by atoms with E-state index in [9.17, 15) is 4.79 Å². The Balaban J connectivity index is 1.58. The average molecular weight is 454 g/mol. The Hall–Kier alpha value is -2.75. The summed E-state index contributed by atoms with van der Waals surface area (Å²) in [6.45, 7) is 7.51. The molecule has 4 rings (SSSR count). The van der Waals surface area contributed by atoms with Crippen LogP contribution in [0.5, 0.6) is 0 Å². The predicted octanol–water partition coefficient (Wildman–Crippen LogP) is 3.04. The van der Waals surface area contributed by atoms with Crippen molar-refractivity contribution in [3.8, 4) is 0 Å². The summed E-state index contributed by atoms with van der Waals surface area (Å²) in [4.78, 5) is 31.4. The molecule has 1 aromatic carbocycles. The number of benzene rings is 1. The molecule has 168 valence electrons. The van der Waals surface area contributed by atoms with E-state index in [1.165, 1.54) is 18.9 Å². The van der Waals surface area contributed by atoms with Gasteiger partial charge in [-0.3, -0.25) is 4.90 Å². The average Bonchev–Trinajstić information content (AvgIpc) is 2.84. The fourth-order valence-corrected chi connectivity index (χ4v) is 4.61. The third kappa shape index (κ3) is 5.01. The number of ether oxygens (including phenoxy) is 2. The van der Waals surface area contributed by atoms with Gasteiger partial charge in [0.05, 0.1) is 24.8 Å². The molecule has 0 spiro atoms. The smallest absolute Gasteiger partial charge is 0.337 e. The summed E-state index contributed by atoms with van der Waals surface area (Å²) >= 11 is 1.49. The summed E-state index contributed by atoms with van der Waals surface area (Å²) in [6.07, 6.45) is 1.56. The van der Waals surface area contributed by atoms with Crippen molar-refractivity contribution in [2.24, 2.45) is 0 Å². The van der Waals surface area contributed by atoms with Gasteiger partial charge in [0.1, 0.15) is 22.7 Å². The molecule has 2 aromatic heterocycles. The van der Waals surface area contributed by atoms with Gasteiger partial charge in [0.25, 0.3) is 0 Å². The fraction of sp³-hybridized carbons (Fsp3) is 0.391. The van der Waals surface area contributed by atoms with Gasteiger partial charge in [0, 0.05) is 44.7 Å². The van der Waals surface area contributed by atoms with Crippen molar-refractivity contribution < 1.29 is 14.3 Å². The lowest BCUT2D eigenvalue weighted by Crippen LogP contribution is -2.47. The van der Waals surface area contributed by atoms with Crippen LogP contribution < -0.4 is 4.90 Å². The van der Waals surface area contributed by atoms with Gasteiger partial charge in [-0.15, -0.1) is 0 Å². The zero-order valence-electron chi connectivity index (χ0n) is 18.6. The maximum atomic E-state index is 12.0. The minimum atomic E-state index is -0.357. The topological polar surface area (TPSA) is 80.7 Å². The molecular formula is C23H27N5O3S. The molecule has 0 radical (unpaired) electrons. The van der Waals surface area contributed by atoms with E-state index in [-0.39, 0.29) is 5.97 Å². The molecule has 1 saturated heterocycles. The standard InChI is InChI=1S/C23H27N5O3S/c1-16-4-5-17(23(29)31-3)14-19(16)32-22-21-18(24-15-25-22)6-7-20(26-21)28-10-8-27(9-11-28)12-13-30-2/h4-7,14-15H,8-13H2,1-3H3. The highest BCUT2D eigenvalue weighted by molar-refractivity contribution is 7.99. The molecule has 32 heavy (non-hydrogen) atoms. The highest BCUT2D eigenvalue weighted by Crippen LogP contribution is 2.34. The summed E-state index contributed by atoms with van der Waals surface area (Å²) in [5.74, 6) is 0.574. The van der Waals surface area contributed by atoms with Crippen molar-refractivity contribution in [2.75, 3.05) is 58.5 Å². The first-order valence-corrected chi connectivity index (χ1v) is 11.4. The second-order valence-electron chi connectivity index (χ2n) is 7.61. The summed E-state index contributed by atoms with van der Waals surface area (Å²) in [5, 5.41) is 0.765. The second-order valence-corrected chi connectivity index (χ2v) is 8.64. The van der Waals surface area contributed by atoms with Gasteiger partial charge in [0.2, 0.25) is 0 Å². The van der Waals surface area contributed by atoms with Crippen LogP contribution in [0.15, 0.2) is 46.6 Å². The molecule has 0 N–H and O–H groups in total. The molecule has 9 heteroatoms. The third-order valence-corrected chi connectivity index (χ3v) is 6.71. The van der Waals surface area contributed by atoms with Crippen LogP contribution in [-0.2, 0) is 9.47 Å². The van der Waals surface area contributed by atoms with Crippen LogP contribution in [0.3, 0.4) is 0 Å². The lowest BCUT2D eigenvalue weighted by atomic mass is 10.1. The van der Waals surface area contributed by atoms with Gasteiger partial charge >= 0.3 is 5.97 Å². The Morgan fingerprint density at radius 2 is 1.91 bits per heavy atom. The molecule has 3 aromatic rings. The first-order valence-electron chi connectivity index (χ1n) is 10.5. The maximum Gasteiger partial charge on any atom is 0.337 e. The van der Waals surface area contributed by atoms with E-state index in [0.717, 1.165) is 71.7 Å². The van der Waals surface area contributed by atoms with E-state index in [1.807, 2.05) is 31.2 Å². The predicted molar refractivity (Wildman–Crippen MR) is 125 cm³/mol. The van der Waals surface area contributed by atoms with Gasteiger partial charge in [-0.05, 0) is 36.8 Å². The number of rotatable bonds is 7. The first kappa shape index (κ1) is 22.4. The maximum absolute atomic E-state index is 12.0. The lowest BCUT2D eigenvalue weighted by molar-refractivity contribution is 0.0600. The van der Waals surface area contributed by atoms with Crippen molar-refractivity contribution >= 4 is 34.6 Å². The van der Waals surface area contributed by atoms with Crippen LogP contribution in [0.4, 0.5) is 5.82 Å². The number of nitrogens with zero attached hydrogens (tertiary/aromatic N) is 5. The largest absolute Gasteiger partial charge is 0.465 e. The first-order chi connectivity index (χ1) is 15.6. The van der Waals surface area contributed by atoms with Crippen LogP contribution >= 0.6 is 11.8 Å². The van der Waals surface area contributed by atoms with Crippen molar-refractivity contribution in [1.29, 1.82) is 0 Å². The number of anilines is 1. The minimum absolute atomic E-state index is 0.357. The Bertz CT molecular complexity index is 1100. The number of carbonyl (C=O) groups excluding carboxylic acids is 1. The monoisotopic (exact) mass is 453 g/mol. The number of fused-ring (bicyclic) bond motifs is 1. The Morgan fingerprint density at radius 1 is 1.09 bits per heavy atom. The number of esters is 1. The second kappa shape index (κ2) is 10.2. The molecule has 8 nitrogen and oxygen atoms in total. The quantitative estimate of drug-likeness (QED) is 0.396. The lowest BCUT2D eigenvalue weighted by Gasteiger charge is -2.35. The Morgan fingerprint density at radius 3 is 2.66 bits per heavy atom. The van der Waals surface area contributed by atoms with E-state index in [0.29, 0.717) is 5.56 Å². The molecule has 0 amide bonds. The SMILES string of the molecule is COCCN1CCN(c2ccc3ncnc(Sc4cc(C(=O)OC)ccc4C)c3n2)CC1. The summed E-state index contributed by atoms with van der Waals surface area (Å²) in [6, 6.07) is 9.55.